The van der Waals surface area contributed by atoms with Crippen molar-refractivity contribution in [1.82, 2.24) is 10.0 Å². The predicted molar refractivity (Wildman–Crippen MR) is 80.7 cm³/mol. The average molecular weight is 318 g/mol. The summed E-state index contributed by atoms with van der Waals surface area (Å²) in [7, 11) is 2.86. The molecule has 0 fully saturated rings. The van der Waals surface area contributed by atoms with E-state index in [9.17, 15) is 8.42 Å². The molecule has 0 atom stereocenters. The van der Waals surface area contributed by atoms with Crippen molar-refractivity contribution >= 4 is 10.0 Å². The Labute approximate surface area is 125 Å². The van der Waals surface area contributed by atoms with Crippen LogP contribution in [0.15, 0.2) is 12.1 Å². The minimum Gasteiger partial charge on any atom is -0.496 e. The SMILES string of the molecule is CNS(=O)(=O)CCNCc1c(OC)cc(OC)cc1OC. The molecule has 0 heterocycles. The van der Waals surface area contributed by atoms with Gasteiger partial charge in [-0.05, 0) is 7.05 Å². The Morgan fingerprint density at radius 2 is 1.62 bits per heavy atom. The summed E-state index contributed by atoms with van der Waals surface area (Å²) in [6.07, 6.45) is 0. The van der Waals surface area contributed by atoms with Crippen LogP contribution < -0.4 is 24.2 Å². The van der Waals surface area contributed by atoms with Gasteiger partial charge in [-0.2, -0.15) is 0 Å². The third kappa shape index (κ3) is 5.07. The highest BCUT2D eigenvalue weighted by Crippen LogP contribution is 2.33. The zero-order valence-electron chi connectivity index (χ0n) is 12.7. The summed E-state index contributed by atoms with van der Waals surface area (Å²) >= 11 is 0. The van der Waals surface area contributed by atoms with Gasteiger partial charge in [-0.25, -0.2) is 13.1 Å². The smallest absolute Gasteiger partial charge is 0.212 e. The Hall–Kier alpha value is -1.51. The highest BCUT2D eigenvalue weighted by Gasteiger charge is 2.13. The number of nitrogens with one attached hydrogen (secondary N) is 2. The third-order valence-corrected chi connectivity index (χ3v) is 4.34. The molecule has 8 heteroatoms. The lowest BCUT2D eigenvalue weighted by atomic mass is 10.1. The fourth-order valence-corrected chi connectivity index (χ4v) is 2.39. The van der Waals surface area contributed by atoms with Crippen molar-refractivity contribution in [3.05, 3.63) is 17.7 Å². The molecule has 1 aromatic carbocycles. The summed E-state index contributed by atoms with van der Waals surface area (Å²) < 4.78 is 40.7. The number of sulfonamides is 1. The summed E-state index contributed by atoms with van der Waals surface area (Å²) in [5, 5.41) is 3.06. The lowest BCUT2D eigenvalue weighted by molar-refractivity contribution is 0.367. The molecule has 0 bridgehead atoms. The summed E-state index contributed by atoms with van der Waals surface area (Å²) in [4.78, 5) is 0. The number of rotatable bonds is 9. The second-order valence-corrected chi connectivity index (χ2v) is 6.26. The fourth-order valence-electron chi connectivity index (χ4n) is 1.77. The molecule has 0 saturated heterocycles. The van der Waals surface area contributed by atoms with Crippen LogP contribution in [-0.4, -0.2) is 49.1 Å². The molecule has 0 aliphatic heterocycles. The quantitative estimate of drug-likeness (QED) is 0.639. The van der Waals surface area contributed by atoms with Crippen molar-refractivity contribution in [3.8, 4) is 17.2 Å². The van der Waals surface area contributed by atoms with Crippen LogP contribution in [0.5, 0.6) is 17.2 Å². The Bertz CT molecular complexity index is 535. The zero-order chi connectivity index (χ0) is 15.9. The first-order chi connectivity index (χ1) is 9.97. The van der Waals surface area contributed by atoms with Crippen LogP contribution in [0.3, 0.4) is 0 Å². The van der Waals surface area contributed by atoms with Crippen molar-refractivity contribution in [1.29, 1.82) is 0 Å². The molecule has 7 nitrogen and oxygen atoms in total. The van der Waals surface area contributed by atoms with Crippen molar-refractivity contribution in [2.45, 2.75) is 6.54 Å². The molecule has 0 aliphatic rings. The summed E-state index contributed by atoms with van der Waals surface area (Å²) in [6.45, 7) is 0.747. The molecule has 0 aromatic heterocycles. The minimum atomic E-state index is -3.21. The summed E-state index contributed by atoms with van der Waals surface area (Å²) in [5.41, 5.74) is 0.808. The molecular weight excluding hydrogens is 296 g/mol. The topological polar surface area (TPSA) is 85.9 Å². The third-order valence-electron chi connectivity index (χ3n) is 2.98. The largest absolute Gasteiger partial charge is 0.496 e. The van der Waals surface area contributed by atoms with Crippen molar-refractivity contribution in [3.63, 3.8) is 0 Å². The van der Waals surface area contributed by atoms with Crippen LogP contribution in [0, 0.1) is 0 Å². The van der Waals surface area contributed by atoms with Crippen LogP contribution in [-0.2, 0) is 16.6 Å². The Kier molecular flexibility index (Phi) is 6.73. The summed E-state index contributed by atoms with van der Waals surface area (Å²) in [5.74, 6) is 1.88. The molecule has 2 N–H and O–H groups in total. The molecule has 0 radical (unpaired) electrons. The van der Waals surface area contributed by atoms with Crippen molar-refractivity contribution in [2.75, 3.05) is 40.7 Å². The number of methoxy groups -OCH3 is 3. The molecule has 21 heavy (non-hydrogen) atoms. The van der Waals surface area contributed by atoms with Crippen molar-refractivity contribution < 1.29 is 22.6 Å². The minimum absolute atomic E-state index is 0.00425. The van der Waals surface area contributed by atoms with Gasteiger partial charge in [0.05, 0.1) is 32.6 Å². The highest BCUT2D eigenvalue weighted by molar-refractivity contribution is 7.89. The molecule has 0 amide bonds. The van der Waals surface area contributed by atoms with E-state index in [2.05, 4.69) is 10.0 Å². The van der Waals surface area contributed by atoms with Gasteiger partial charge < -0.3 is 19.5 Å². The van der Waals surface area contributed by atoms with Gasteiger partial charge in [-0.3, -0.25) is 0 Å². The molecule has 0 unspecified atom stereocenters. The van der Waals surface area contributed by atoms with Gasteiger partial charge in [0.15, 0.2) is 0 Å². The molecule has 1 aromatic rings. The Morgan fingerprint density at radius 3 is 2.05 bits per heavy atom. The Balaban J connectivity index is 2.78. The van der Waals surface area contributed by atoms with Gasteiger partial charge in [-0.15, -0.1) is 0 Å². The maximum absolute atomic E-state index is 11.3. The zero-order valence-corrected chi connectivity index (χ0v) is 13.5. The van der Waals surface area contributed by atoms with E-state index in [0.717, 1.165) is 5.56 Å². The molecule has 0 spiro atoms. The van der Waals surface area contributed by atoms with Gasteiger partial charge in [0.25, 0.3) is 0 Å². The second kappa shape index (κ2) is 8.06. The van der Waals surface area contributed by atoms with E-state index in [0.29, 0.717) is 30.3 Å². The Morgan fingerprint density at radius 1 is 1.05 bits per heavy atom. The number of hydrogen-bond acceptors (Lipinski definition) is 6. The molecule has 0 saturated carbocycles. The molecular formula is C13H22N2O5S. The first-order valence-corrected chi connectivity index (χ1v) is 8.03. The van der Waals surface area contributed by atoms with E-state index in [4.69, 9.17) is 14.2 Å². The van der Waals surface area contributed by atoms with E-state index < -0.39 is 10.0 Å². The van der Waals surface area contributed by atoms with Crippen molar-refractivity contribution in [2.24, 2.45) is 0 Å². The number of hydrogen-bond donors (Lipinski definition) is 2. The first-order valence-electron chi connectivity index (χ1n) is 6.38. The normalized spacial score (nSPS) is 11.2. The van der Waals surface area contributed by atoms with Crippen LogP contribution in [0.4, 0.5) is 0 Å². The van der Waals surface area contributed by atoms with Gasteiger partial charge in [0.1, 0.15) is 17.2 Å². The predicted octanol–water partition coefficient (Wildman–Crippen LogP) is 0.351. The van der Waals surface area contributed by atoms with Crippen LogP contribution >= 0.6 is 0 Å². The van der Waals surface area contributed by atoms with Gasteiger partial charge in [0.2, 0.25) is 10.0 Å². The van der Waals surface area contributed by atoms with Gasteiger partial charge >= 0.3 is 0 Å². The number of benzene rings is 1. The molecule has 1 rings (SSSR count). The summed E-state index contributed by atoms with van der Waals surface area (Å²) in [6, 6.07) is 3.51. The molecule has 0 aliphatic carbocycles. The van der Waals surface area contributed by atoms with E-state index in [1.807, 2.05) is 0 Å². The van der Waals surface area contributed by atoms with Gasteiger partial charge in [-0.1, -0.05) is 0 Å². The van der Waals surface area contributed by atoms with E-state index in [1.165, 1.54) is 7.05 Å². The van der Waals surface area contributed by atoms with E-state index in [1.54, 1.807) is 33.5 Å². The maximum Gasteiger partial charge on any atom is 0.212 e. The first kappa shape index (κ1) is 17.5. The lowest BCUT2D eigenvalue weighted by Crippen LogP contribution is -2.29. The van der Waals surface area contributed by atoms with Crippen LogP contribution in [0.1, 0.15) is 5.56 Å². The average Bonchev–Trinajstić information content (AvgIpc) is 2.50. The monoisotopic (exact) mass is 318 g/mol. The van der Waals surface area contributed by atoms with Crippen LogP contribution in [0.2, 0.25) is 0 Å². The maximum atomic E-state index is 11.3. The second-order valence-electron chi connectivity index (χ2n) is 4.21. The lowest BCUT2D eigenvalue weighted by Gasteiger charge is -2.15. The van der Waals surface area contributed by atoms with E-state index >= 15 is 0 Å². The standard InChI is InChI=1S/C13H22N2O5S/c1-14-21(16,17)6-5-15-9-11-12(19-3)7-10(18-2)8-13(11)20-4/h7-8,14-15H,5-6,9H2,1-4H3. The molecule has 120 valence electrons. The van der Waals surface area contributed by atoms with E-state index in [-0.39, 0.29) is 5.75 Å². The van der Waals surface area contributed by atoms with Gasteiger partial charge in [0, 0.05) is 25.2 Å². The van der Waals surface area contributed by atoms with Crippen LogP contribution in [0.25, 0.3) is 0 Å². The fraction of sp³-hybridized carbons (Fsp3) is 0.538. The highest BCUT2D eigenvalue weighted by atomic mass is 32.2. The number of ether oxygens (including phenoxy) is 3.